The first-order valence-electron chi connectivity index (χ1n) is 10.3. The van der Waals surface area contributed by atoms with E-state index in [1.165, 1.54) is 0 Å². The zero-order chi connectivity index (χ0) is 26.0. The molecule has 4 unspecified atom stereocenters. The standard InChI is InChI=1S/C15H25N2O14P3S/c18-11-6-7-17(15(21)16-11)14-13(20)12(19)10(29-14)8-28-32(22,23)30-33(24,25)31-34(26,27)35-9-4-2-1-3-5-9/h6-7,9-10,12-14,19-20H,1-5,8H2,(H,22,23)(H,24,25)(H,26,27)(H,16,18,21)/t10-,12?,13+,14-/m1/s1. The third-order valence-corrected chi connectivity index (χ3v) is 12.2. The number of aromatic amines is 1. The third kappa shape index (κ3) is 8.17. The second-order valence-corrected chi connectivity index (χ2v) is 15.1. The zero-order valence-corrected chi connectivity index (χ0v) is 21.4. The first-order chi connectivity index (χ1) is 16.2. The van der Waals surface area contributed by atoms with Crippen LogP contribution in [0.5, 0.6) is 0 Å². The second-order valence-electron chi connectivity index (χ2n) is 7.79. The van der Waals surface area contributed by atoms with Crippen molar-refractivity contribution in [3.8, 4) is 0 Å². The number of hydrogen-bond donors (Lipinski definition) is 6. The maximum absolute atomic E-state index is 12.2. The molecule has 1 aliphatic carbocycles. The van der Waals surface area contributed by atoms with Gasteiger partial charge in [0.2, 0.25) is 0 Å². The molecule has 2 fully saturated rings. The second kappa shape index (κ2) is 11.4. The van der Waals surface area contributed by atoms with Crippen LogP contribution in [0.4, 0.5) is 0 Å². The highest BCUT2D eigenvalue weighted by atomic mass is 32.7. The Morgan fingerprint density at radius 2 is 1.69 bits per heavy atom. The summed E-state index contributed by atoms with van der Waals surface area (Å²) in [5.41, 5.74) is -1.69. The van der Waals surface area contributed by atoms with Crippen LogP contribution >= 0.6 is 33.8 Å². The predicted molar refractivity (Wildman–Crippen MR) is 119 cm³/mol. The summed E-state index contributed by atoms with van der Waals surface area (Å²) >= 11 is 0.444. The van der Waals surface area contributed by atoms with Crippen LogP contribution in [0.3, 0.4) is 0 Å². The van der Waals surface area contributed by atoms with E-state index >= 15 is 0 Å². The van der Waals surface area contributed by atoms with Crippen LogP contribution in [-0.2, 0) is 31.6 Å². The summed E-state index contributed by atoms with van der Waals surface area (Å²) in [4.78, 5) is 54.3. The van der Waals surface area contributed by atoms with E-state index in [0.717, 1.165) is 36.1 Å². The molecule has 0 bridgehead atoms. The zero-order valence-electron chi connectivity index (χ0n) is 17.9. The largest absolute Gasteiger partial charge is 0.488 e. The molecule has 0 spiro atoms. The van der Waals surface area contributed by atoms with E-state index in [9.17, 15) is 48.2 Å². The van der Waals surface area contributed by atoms with Crippen LogP contribution in [0.15, 0.2) is 21.9 Å². The van der Waals surface area contributed by atoms with E-state index in [2.05, 4.69) is 13.1 Å². The average Bonchev–Trinajstić information content (AvgIpc) is 2.99. The molecule has 2 heterocycles. The molecule has 35 heavy (non-hydrogen) atoms. The van der Waals surface area contributed by atoms with Crippen molar-refractivity contribution < 1.29 is 56.5 Å². The molecule has 1 aliphatic heterocycles. The highest BCUT2D eigenvalue weighted by Crippen LogP contribution is 2.72. The van der Waals surface area contributed by atoms with Crippen molar-refractivity contribution >= 4 is 33.8 Å². The number of nitrogens with one attached hydrogen (secondary N) is 1. The van der Waals surface area contributed by atoms with E-state index < -0.39 is 64.8 Å². The van der Waals surface area contributed by atoms with Crippen LogP contribution in [0.25, 0.3) is 0 Å². The van der Waals surface area contributed by atoms with Crippen molar-refractivity contribution in [3.05, 3.63) is 33.1 Å². The number of hydrogen-bond acceptors (Lipinski definition) is 12. The van der Waals surface area contributed by atoms with Gasteiger partial charge >= 0.3 is 28.1 Å². The smallest absolute Gasteiger partial charge is 0.387 e. The number of phosphoric acid groups is 2. The Balaban J connectivity index is 1.57. The van der Waals surface area contributed by atoms with Gasteiger partial charge in [0.25, 0.3) is 5.56 Å². The molecule has 1 aromatic heterocycles. The maximum Gasteiger partial charge on any atom is 0.488 e. The minimum atomic E-state index is -5.57. The monoisotopic (exact) mass is 582 g/mol. The Morgan fingerprint density at radius 3 is 2.31 bits per heavy atom. The quantitative estimate of drug-likeness (QED) is 0.207. The van der Waals surface area contributed by atoms with Crippen molar-refractivity contribution in [3.63, 3.8) is 0 Å². The predicted octanol–water partition coefficient (Wildman–Crippen LogP) is 0.573. The number of H-pyrrole nitrogens is 1. The number of phosphoric ester groups is 1. The summed E-state index contributed by atoms with van der Waals surface area (Å²) in [6.45, 7) is -5.72. The van der Waals surface area contributed by atoms with Gasteiger partial charge in [-0.25, -0.2) is 18.5 Å². The number of aliphatic hydroxyl groups is 2. The molecule has 1 saturated carbocycles. The van der Waals surface area contributed by atoms with Crippen molar-refractivity contribution in [2.75, 3.05) is 6.61 Å². The summed E-state index contributed by atoms with van der Waals surface area (Å²) in [7, 11) is -11.0. The van der Waals surface area contributed by atoms with Crippen LogP contribution in [0, 0.1) is 0 Å². The van der Waals surface area contributed by atoms with Gasteiger partial charge in [0.1, 0.15) is 18.3 Å². The van der Waals surface area contributed by atoms with Crippen molar-refractivity contribution in [2.45, 2.75) is 61.9 Å². The molecular weight excluding hydrogens is 557 g/mol. The maximum atomic E-state index is 12.2. The summed E-state index contributed by atoms with van der Waals surface area (Å²) < 4.78 is 55.2. The first-order valence-corrected chi connectivity index (χ1v) is 16.3. The van der Waals surface area contributed by atoms with Crippen LogP contribution in [0.2, 0.25) is 0 Å². The molecule has 0 amide bonds. The lowest BCUT2D eigenvalue weighted by atomic mass is 10.0. The first kappa shape index (κ1) is 28.9. The van der Waals surface area contributed by atoms with Gasteiger partial charge in [-0.15, -0.1) is 0 Å². The van der Waals surface area contributed by atoms with Gasteiger partial charge in [-0.2, -0.15) is 8.62 Å². The Kier molecular flexibility index (Phi) is 9.42. The summed E-state index contributed by atoms with van der Waals surface area (Å²) in [6.07, 6.45) is -1.75. The number of aromatic nitrogens is 2. The highest BCUT2D eigenvalue weighted by molar-refractivity contribution is 8.55. The molecular formula is C15H25N2O14P3S. The van der Waals surface area contributed by atoms with Crippen molar-refractivity contribution in [1.29, 1.82) is 0 Å². The topological polar surface area (TPSA) is 244 Å². The summed E-state index contributed by atoms with van der Waals surface area (Å²) in [5, 5.41) is 20.0. The molecule has 1 aromatic rings. The van der Waals surface area contributed by atoms with Gasteiger partial charge in [-0.1, -0.05) is 19.3 Å². The Morgan fingerprint density at radius 1 is 1.03 bits per heavy atom. The van der Waals surface area contributed by atoms with E-state index in [4.69, 9.17) is 4.74 Å². The lowest BCUT2D eigenvalue weighted by Crippen LogP contribution is -2.37. The molecule has 20 heteroatoms. The van der Waals surface area contributed by atoms with Gasteiger partial charge in [-0.05, 0) is 24.2 Å². The molecule has 3 rings (SSSR count). The minimum absolute atomic E-state index is 0.299. The molecule has 0 radical (unpaired) electrons. The van der Waals surface area contributed by atoms with Gasteiger partial charge in [0.05, 0.1) is 6.61 Å². The van der Waals surface area contributed by atoms with Gasteiger partial charge in [0.15, 0.2) is 6.23 Å². The lowest BCUT2D eigenvalue weighted by molar-refractivity contribution is -0.0542. The normalized spacial score (nSPS) is 30.9. The van der Waals surface area contributed by atoms with Gasteiger partial charge in [0, 0.05) is 17.5 Å². The van der Waals surface area contributed by atoms with E-state index in [1.807, 2.05) is 4.98 Å². The fraction of sp³-hybridized carbons (Fsp3) is 0.733. The number of rotatable bonds is 10. The number of aliphatic hydroxyl groups excluding tert-OH is 2. The number of ether oxygens (including phenoxy) is 1. The molecule has 2 aliphatic rings. The van der Waals surface area contributed by atoms with Crippen molar-refractivity contribution in [1.82, 2.24) is 9.55 Å². The fourth-order valence-electron chi connectivity index (χ4n) is 3.57. The lowest BCUT2D eigenvalue weighted by Gasteiger charge is -2.24. The van der Waals surface area contributed by atoms with Crippen LogP contribution in [0.1, 0.15) is 38.3 Å². The minimum Gasteiger partial charge on any atom is -0.387 e. The molecule has 1 saturated heterocycles. The molecule has 16 nitrogen and oxygen atoms in total. The summed E-state index contributed by atoms with van der Waals surface area (Å²) in [5.74, 6) is 0. The van der Waals surface area contributed by atoms with E-state index in [-0.39, 0.29) is 5.25 Å². The average molecular weight is 582 g/mol. The van der Waals surface area contributed by atoms with Crippen LogP contribution < -0.4 is 11.2 Å². The molecule has 0 aromatic carbocycles. The Hall–Kier alpha value is -0.640. The van der Waals surface area contributed by atoms with E-state index in [0.29, 0.717) is 24.2 Å². The molecule has 6 N–H and O–H groups in total. The molecule has 200 valence electrons. The Bertz CT molecular complexity index is 1150. The number of nitrogens with zero attached hydrogens (tertiary/aromatic N) is 1. The summed E-state index contributed by atoms with van der Waals surface area (Å²) in [6, 6.07) is 0.953. The van der Waals surface area contributed by atoms with Crippen molar-refractivity contribution in [2.24, 2.45) is 0 Å². The SMILES string of the molecule is O=c1ccn([C@@H]2O[C@H](COP(=O)(O)OP(=O)(O)OP(=O)(O)SC3CCCCC3)C(O)[C@@H]2O)c(=O)[nH]1. The Labute approximate surface area is 201 Å². The third-order valence-electron chi connectivity index (χ3n) is 5.11. The van der Waals surface area contributed by atoms with Gasteiger partial charge < -0.3 is 29.6 Å². The fourth-order valence-corrected chi connectivity index (χ4v) is 10.5. The highest BCUT2D eigenvalue weighted by Gasteiger charge is 2.47. The molecule has 7 atom stereocenters. The van der Waals surface area contributed by atoms with E-state index in [1.54, 1.807) is 0 Å². The van der Waals surface area contributed by atoms with Gasteiger partial charge in [-0.3, -0.25) is 18.9 Å². The van der Waals surface area contributed by atoms with Crippen LogP contribution in [-0.4, -0.2) is 64.6 Å².